The molecule has 5 rings (SSSR count). The Kier molecular flexibility index (Phi) is 6.05. The predicted molar refractivity (Wildman–Crippen MR) is 136 cm³/mol. The summed E-state index contributed by atoms with van der Waals surface area (Å²) in [5.41, 5.74) is 3.67. The zero-order valence-corrected chi connectivity index (χ0v) is 20.4. The standard InChI is InChI=1S/C27H25FN2O5S/c1-2-36(34,35)29-15-14-19(16-29)26-24(17-6-8-18(9-7-17)27(32)33)25-22(4-3-5-23(25)31)30(26)21-12-10-20(28)11-13-21/h3-13,19,31H,2,14-16H2,1H3,(H,32,33). The van der Waals surface area contributed by atoms with E-state index in [1.54, 1.807) is 43.3 Å². The van der Waals surface area contributed by atoms with Gasteiger partial charge in [0, 0.05) is 41.3 Å². The number of halogens is 1. The fraction of sp³-hybridized carbons (Fsp3) is 0.222. The first-order valence-corrected chi connectivity index (χ1v) is 13.3. The summed E-state index contributed by atoms with van der Waals surface area (Å²) >= 11 is 0. The monoisotopic (exact) mass is 508 g/mol. The molecule has 3 aromatic carbocycles. The van der Waals surface area contributed by atoms with Gasteiger partial charge in [-0.2, -0.15) is 0 Å². The lowest BCUT2D eigenvalue weighted by atomic mass is 9.93. The van der Waals surface area contributed by atoms with E-state index in [1.807, 2.05) is 10.6 Å². The van der Waals surface area contributed by atoms with Gasteiger partial charge in [-0.25, -0.2) is 21.9 Å². The number of carbonyl (C=O) groups is 1. The second-order valence-electron chi connectivity index (χ2n) is 8.87. The Labute approximate surface area is 208 Å². The van der Waals surface area contributed by atoms with E-state index in [9.17, 15) is 27.8 Å². The van der Waals surface area contributed by atoms with E-state index in [-0.39, 0.29) is 35.3 Å². The Morgan fingerprint density at radius 2 is 1.75 bits per heavy atom. The largest absolute Gasteiger partial charge is 0.507 e. The molecule has 2 N–H and O–H groups in total. The molecule has 0 spiro atoms. The van der Waals surface area contributed by atoms with Crippen molar-refractivity contribution in [3.63, 3.8) is 0 Å². The van der Waals surface area contributed by atoms with E-state index >= 15 is 0 Å². The van der Waals surface area contributed by atoms with Crippen LogP contribution in [0.4, 0.5) is 4.39 Å². The lowest BCUT2D eigenvalue weighted by Gasteiger charge is -2.19. The van der Waals surface area contributed by atoms with Gasteiger partial charge in [0.05, 0.1) is 16.8 Å². The zero-order valence-electron chi connectivity index (χ0n) is 19.6. The van der Waals surface area contributed by atoms with Gasteiger partial charge >= 0.3 is 5.97 Å². The maximum atomic E-state index is 13.8. The fourth-order valence-electron chi connectivity index (χ4n) is 5.05. The van der Waals surface area contributed by atoms with E-state index in [1.165, 1.54) is 28.6 Å². The van der Waals surface area contributed by atoms with Crippen molar-refractivity contribution in [1.82, 2.24) is 8.87 Å². The van der Waals surface area contributed by atoms with Gasteiger partial charge in [0.2, 0.25) is 10.0 Å². The molecule has 36 heavy (non-hydrogen) atoms. The van der Waals surface area contributed by atoms with Crippen molar-refractivity contribution < 1.29 is 27.8 Å². The number of hydrogen-bond acceptors (Lipinski definition) is 4. The number of aromatic nitrogens is 1. The highest BCUT2D eigenvalue weighted by molar-refractivity contribution is 7.89. The third-order valence-electron chi connectivity index (χ3n) is 6.81. The summed E-state index contributed by atoms with van der Waals surface area (Å²) in [6.07, 6.45) is 0.567. The van der Waals surface area contributed by atoms with Crippen molar-refractivity contribution in [3.05, 3.63) is 83.8 Å². The molecule has 1 fully saturated rings. The van der Waals surface area contributed by atoms with Gasteiger partial charge in [0.15, 0.2) is 0 Å². The number of phenolic OH excluding ortho intramolecular Hbond substituents is 1. The number of aromatic carboxylic acids is 1. The maximum Gasteiger partial charge on any atom is 0.335 e. The molecule has 0 aliphatic carbocycles. The molecule has 1 aliphatic rings. The van der Waals surface area contributed by atoms with Crippen molar-refractivity contribution >= 4 is 26.9 Å². The van der Waals surface area contributed by atoms with Crippen LogP contribution in [0.25, 0.3) is 27.7 Å². The van der Waals surface area contributed by atoms with Gasteiger partial charge in [0.25, 0.3) is 0 Å². The average molecular weight is 509 g/mol. The molecule has 1 saturated heterocycles. The van der Waals surface area contributed by atoms with Crippen LogP contribution in [0, 0.1) is 5.82 Å². The number of nitrogens with zero attached hydrogens (tertiary/aromatic N) is 2. The van der Waals surface area contributed by atoms with Crippen LogP contribution < -0.4 is 0 Å². The van der Waals surface area contributed by atoms with Gasteiger partial charge in [0.1, 0.15) is 11.6 Å². The first kappa shape index (κ1) is 24.0. The molecule has 9 heteroatoms. The number of benzene rings is 3. The fourth-order valence-corrected chi connectivity index (χ4v) is 6.21. The Bertz CT molecular complexity index is 1560. The first-order chi connectivity index (χ1) is 17.2. The molecule has 0 saturated carbocycles. The van der Waals surface area contributed by atoms with Crippen LogP contribution in [0.5, 0.6) is 5.75 Å². The molecule has 1 atom stereocenters. The Morgan fingerprint density at radius 1 is 1.06 bits per heavy atom. The predicted octanol–water partition coefficient (Wildman–Crippen LogP) is 4.98. The smallest absolute Gasteiger partial charge is 0.335 e. The van der Waals surface area contributed by atoms with E-state index in [4.69, 9.17) is 0 Å². The highest BCUT2D eigenvalue weighted by atomic mass is 32.2. The summed E-state index contributed by atoms with van der Waals surface area (Å²) in [4.78, 5) is 11.4. The molecule has 2 heterocycles. The molecule has 1 aromatic heterocycles. The lowest BCUT2D eigenvalue weighted by Crippen LogP contribution is -2.30. The van der Waals surface area contributed by atoms with E-state index in [0.29, 0.717) is 40.7 Å². The number of carboxylic acids is 1. The second kappa shape index (κ2) is 9.07. The number of hydrogen-bond donors (Lipinski definition) is 2. The molecule has 0 bridgehead atoms. The third kappa shape index (κ3) is 4.04. The maximum absolute atomic E-state index is 13.8. The van der Waals surface area contributed by atoms with E-state index < -0.39 is 16.0 Å². The van der Waals surface area contributed by atoms with Crippen molar-refractivity contribution in [2.75, 3.05) is 18.8 Å². The molecular formula is C27H25FN2O5S. The van der Waals surface area contributed by atoms with Crippen LogP contribution in [0.1, 0.15) is 35.3 Å². The first-order valence-electron chi connectivity index (χ1n) is 11.6. The lowest BCUT2D eigenvalue weighted by molar-refractivity contribution is 0.0697. The van der Waals surface area contributed by atoms with Crippen LogP contribution in [-0.2, 0) is 10.0 Å². The molecule has 1 unspecified atom stereocenters. The van der Waals surface area contributed by atoms with Gasteiger partial charge < -0.3 is 14.8 Å². The Morgan fingerprint density at radius 3 is 2.39 bits per heavy atom. The number of phenols is 1. The normalized spacial score (nSPS) is 16.6. The molecule has 0 radical (unpaired) electrons. The minimum Gasteiger partial charge on any atom is -0.507 e. The second-order valence-corrected chi connectivity index (χ2v) is 11.1. The van der Waals surface area contributed by atoms with Crippen LogP contribution in [-0.4, -0.2) is 52.3 Å². The molecule has 186 valence electrons. The number of sulfonamides is 1. The van der Waals surface area contributed by atoms with Crippen LogP contribution in [0.3, 0.4) is 0 Å². The topological polar surface area (TPSA) is 99.8 Å². The minimum atomic E-state index is -3.39. The third-order valence-corrected chi connectivity index (χ3v) is 8.66. The highest BCUT2D eigenvalue weighted by Crippen LogP contribution is 2.46. The Balaban J connectivity index is 1.81. The number of aromatic hydroxyl groups is 1. The highest BCUT2D eigenvalue weighted by Gasteiger charge is 2.36. The van der Waals surface area contributed by atoms with Gasteiger partial charge in [-0.1, -0.05) is 18.2 Å². The molecule has 0 amide bonds. The Hall–Kier alpha value is -3.69. The van der Waals surface area contributed by atoms with Gasteiger partial charge in [-0.05, 0) is 67.4 Å². The summed E-state index contributed by atoms with van der Waals surface area (Å²) in [5, 5.41) is 20.9. The van der Waals surface area contributed by atoms with Crippen molar-refractivity contribution in [2.24, 2.45) is 0 Å². The van der Waals surface area contributed by atoms with Gasteiger partial charge in [-0.3, -0.25) is 0 Å². The van der Waals surface area contributed by atoms with Crippen LogP contribution in [0.15, 0.2) is 66.7 Å². The summed E-state index contributed by atoms with van der Waals surface area (Å²) in [6.45, 7) is 2.26. The molecule has 4 aromatic rings. The van der Waals surface area contributed by atoms with E-state index in [0.717, 1.165) is 5.69 Å². The molecular weight excluding hydrogens is 483 g/mol. The minimum absolute atomic E-state index is 0.00493. The zero-order chi connectivity index (χ0) is 25.6. The quantitative estimate of drug-likeness (QED) is 0.383. The SMILES string of the molecule is CCS(=O)(=O)N1CCC(c2c(-c3ccc(C(=O)O)cc3)c3c(O)cccc3n2-c2ccc(F)cc2)C1. The van der Waals surface area contributed by atoms with Crippen molar-refractivity contribution in [2.45, 2.75) is 19.3 Å². The van der Waals surface area contributed by atoms with Crippen LogP contribution >= 0.6 is 0 Å². The summed E-state index contributed by atoms with van der Waals surface area (Å²) in [6, 6.07) is 17.6. The van der Waals surface area contributed by atoms with E-state index in [2.05, 4.69) is 0 Å². The summed E-state index contributed by atoms with van der Waals surface area (Å²) < 4.78 is 42.5. The summed E-state index contributed by atoms with van der Waals surface area (Å²) in [5.74, 6) is -1.59. The molecule has 7 nitrogen and oxygen atoms in total. The summed E-state index contributed by atoms with van der Waals surface area (Å²) in [7, 11) is -3.39. The van der Waals surface area contributed by atoms with Crippen LogP contribution in [0.2, 0.25) is 0 Å². The molecule has 1 aliphatic heterocycles. The van der Waals surface area contributed by atoms with Crippen molar-refractivity contribution in [1.29, 1.82) is 0 Å². The number of carboxylic acid groups (broad SMARTS) is 1. The van der Waals surface area contributed by atoms with Gasteiger partial charge in [-0.15, -0.1) is 0 Å². The number of rotatable bonds is 6. The average Bonchev–Trinajstić information content (AvgIpc) is 3.49. The van der Waals surface area contributed by atoms with Crippen molar-refractivity contribution in [3.8, 4) is 22.6 Å². The number of fused-ring (bicyclic) bond motifs is 1.